The van der Waals surface area contributed by atoms with Gasteiger partial charge in [-0.15, -0.1) is 0 Å². The maximum absolute atomic E-state index is 8.73. The molecule has 1 fully saturated rings. The third-order valence-electron chi connectivity index (χ3n) is 3.61. The molecule has 1 atom stereocenters. The van der Waals surface area contributed by atoms with Crippen LogP contribution in [0.2, 0.25) is 0 Å². The Hall–Kier alpha value is -2.92. The minimum atomic E-state index is 0.271. The molecule has 118 valence electrons. The number of nitrogen functional groups attached to an aromatic ring is 1. The van der Waals surface area contributed by atoms with E-state index in [2.05, 4.69) is 30.9 Å². The molecule has 1 unspecified atom stereocenters. The van der Waals surface area contributed by atoms with Gasteiger partial charge in [-0.2, -0.15) is 5.26 Å². The normalized spacial score (nSPS) is 17.3. The fourth-order valence-corrected chi connectivity index (χ4v) is 2.44. The molecular formula is C15H18N8. The molecule has 3 heterocycles. The lowest BCUT2D eigenvalue weighted by atomic mass is 10.1. The molecule has 0 spiro atoms. The molecule has 0 radical (unpaired) electrons. The fourth-order valence-electron chi connectivity index (χ4n) is 2.44. The molecular weight excluding hydrogens is 292 g/mol. The number of nitrogens with zero attached hydrogens (tertiary/aromatic N) is 4. The number of anilines is 4. The Labute approximate surface area is 134 Å². The molecule has 1 saturated heterocycles. The number of hydrogen-bond acceptors (Lipinski definition) is 8. The van der Waals surface area contributed by atoms with E-state index in [1.54, 1.807) is 6.20 Å². The lowest BCUT2D eigenvalue weighted by molar-refractivity contribution is 0.480. The molecule has 1 aliphatic heterocycles. The second kappa shape index (κ2) is 6.89. The Morgan fingerprint density at radius 2 is 2.09 bits per heavy atom. The Kier molecular flexibility index (Phi) is 4.49. The highest BCUT2D eigenvalue weighted by Gasteiger charge is 2.14. The largest absolute Gasteiger partial charge is 0.396 e. The van der Waals surface area contributed by atoms with Crippen molar-refractivity contribution in [1.82, 2.24) is 20.3 Å². The van der Waals surface area contributed by atoms with Gasteiger partial charge in [0.05, 0.1) is 30.0 Å². The summed E-state index contributed by atoms with van der Waals surface area (Å²) in [6.45, 7) is 1.99. The molecule has 0 amide bonds. The zero-order valence-corrected chi connectivity index (χ0v) is 12.6. The Balaban J connectivity index is 1.72. The Morgan fingerprint density at radius 1 is 1.22 bits per heavy atom. The molecule has 0 aromatic carbocycles. The summed E-state index contributed by atoms with van der Waals surface area (Å²) in [6, 6.07) is 4.14. The van der Waals surface area contributed by atoms with Crippen LogP contribution in [0, 0.1) is 11.3 Å². The van der Waals surface area contributed by atoms with Crippen LogP contribution >= 0.6 is 0 Å². The number of hydrogen-bond donors (Lipinski definition) is 4. The summed E-state index contributed by atoms with van der Waals surface area (Å²) in [5.74, 6) is 1.14. The minimum Gasteiger partial charge on any atom is -0.396 e. The number of nitrogens with two attached hydrogens (primary N) is 1. The van der Waals surface area contributed by atoms with Crippen LogP contribution in [-0.4, -0.2) is 34.1 Å². The molecule has 2 aromatic rings. The predicted octanol–water partition coefficient (Wildman–Crippen LogP) is 1.23. The minimum absolute atomic E-state index is 0.271. The van der Waals surface area contributed by atoms with Gasteiger partial charge < -0.3 is 21.7 Å². The molecule has 0 aliphatic carbocycles. The number of nitrogens with one attached hydrogen (secondary N) is 3. The highest BCUT2D eigenvalue weighted by Crippen LogP contribution is 2.24. The van der Waals surface area contributed by atoms with Crippen LogP contribution in [0.5, 0.6) is 0 Å². The van der Waals surface area contributed by atoms with Crippen LogP contribution in [0.3, 0.4) is 0 Å². The fraction of sp³-hybridized carbons (Fsp3) is 0.333. The van der Waals surface area contributed by atoms with Crippen molar-refractivity contribution in [2.24, 2.45) is 0 Å². The lowest BCUT2D eigenvalue weighted by Gasteiger charge is -2.25. The summed E-state index contributed by atoms with van der Waals surface area (Å²) in [6.07, 6.45) is 6.77. The molecule has 2 aromatic heterocycles. The number of piperidine rings is 1. The molecule has 8 heteroatoms. The van der Waals surface area contributed by atoms with Gasteiger partial charge in [0.15, 0.2) is 5.69 Å². The van der Waals surface area contributed by atoms with Crippen molar-refractivity contribution in [2.45, 2.75) is 18.9 Å². The molecule has 1 aliphatic rings. The van der Waals surface area contributed by atoms with Gasteiger partial charge in [0.25, 0.3) is 0 Å². The average molecular weight is 310 g/mol. The van der Waals surface area contributed by atoms with Crippen molar-refractivity contribution in [2.75, 3.05) is 29.5 Å². The molecule has 8 nitrogen and oxygen atoms in total. The van der Waals surface area contributed by atoms with Crippen molar-refractivity contribution >= 4 is 23.0 Å². The topological polar surface area (TPSA) is 125 Å². The van der Waals surface area contributed by atoms with E-state index in [1.807, 2.05) is 12.1 Å². The zero-order chi connectivity index (χ0) is 16.1. The number of rotatable bonds is 4. The maximum Gasteiger partial charge on any atom is 0.158 e. The van der Waals surface area contributed by atoms with Gasteiger partial charge in [0, 0.05) is 18.7 Å². The second-order valence-electron chi connectivity index (χ2n) is 5.37. The van der Waals surface area contributed by atoms with E-state index >= 15 is 0 Å². The Bertz CT molecular complexity index is 700. The van der Waals surface area contributed by atoms with Crippen molar-refractivity contribution in [3.8, 4) is 6.07 Å². The van der Waals surface area contributed by atoms with Gasteiger partial charge in [-0.3, -0.25) is 0 Å². The molecule has 0 saturated carbocycles. The van der Waals surface area contributed by atoms with Gasteiger partial charge in [-0.1, -0.05) is 0 Å². The standard InChI is InChI=1S/C15H18N8/c16-5-11-7-20-15(9-19-11)23-14-4-13(12(17)8-21-14)22-10-2-1-3-18-6-10/h4,7-10,18H,1-3,6,17H2,(H2,20,21,22,23). The molecule has 0 bridgehead atoms. The quantitative estimate of drug-likeness (QED) is 0.664. The average Bonchev–Trinajstić information content (AvgIpc) is 2.59. The summed E-state index contributed by atoms with van der Waals surface area (Å²) in [5, 5.41) is 18.6. The monoisotopic (exact) mass is 310 g/mol. The van der Waals surface area contributed by atoms with Gasteiger partial charge in [-0.05, 0) is 19.4 Å². The van der Waals surface area contributed by atoms with Crippen LogP contribution in [-0.2, 0) is 0 Å². The summed E-state index contributed by atoms with van der Waals surface area (Å²) in [4.78, 5) is 12.3. The summed E-state index contributed by atoms with van der Waals surface area (Å²) >= 11 is 0. The highest BCUT2D eigenvalue weighted by atomic mass is 15.1. The maximum atomic E-state index is 8.73. The van der Waals surface area contributed by atoms with E-state index in [0.717, 1.165) is 31.6 Å². The summed E-state index contributed by atoms with van der Waals surface area (Å²) < 4.78 is 0. The number of pyridine rings is 1. The van der Waals surface area contributed by atoms with Gasteiger partial charge >= 0.3 is 0 Å². The van der Waals surface area contributed by atoms with Crippen LogP contribution in [0.15, 0.2) is 24.7 Å². The molecule has 5 N–H and O–H groups in total. The van der Waals surface area contributed by atoms with Crippen LogP contribution in [0.25, 0.3) is 0 Å². The summed E-state index contributed by atoms with van der Waals surface area (Å²) in [7, 11) is 0. The van der Waals surface area contributed by atoms with Crippen LogP contribution in [0.4, 0.5) is 23.0 Å². The SMILES string of the molecule is N#Cc1cnc(Nc2cc(NC3CCCNC3)c(N)cn2)cn1. The van der Waals surface area contributed by atoms with Gasteiger partial charge in [-0.25, -0.2) is 15.0 Å². The first-order valence-electron chi connectivity index (χ1n) is 7.46. The van der Waals surface area contributed by atoms with E-state index < -0.39 is 0 Å². The van der Waals surface area contributed by atoms with E-state index in [9.17, 15) is 0 Å². The first kappa shape index (κ1) is 15.0. The van der Waals surface area contributed by atoms with Gasteiger partial charge in [0.2, 0.25) is 0 Å². The third kappa shape index (κ3) is 3.84. The van der Waals surface area contributed by atoms with E-state index in [-0.39, 0.29) is 5.69 Å². The van der Waals surface area contributed by atoms with Crippen LogP contribution < -0.4 is 21.7 Å². The second-order valence-corrected chi connectivity index (χ2v) is 5.37. The van der Waals surface area contributed by atoms with Crippen molar-refractivity contribution in [1.29, 1.82) is 5.26 Å². The highest BCUT2D eigenvalue weighted by molar-refractivity contribution is 5.70. The van der Waals surface area contributed by atoms with E-state index in [1.165, 1.54) is 12.4 Å². The predicted molar refractivity (Wildman–Crippen MR) is 88.2 cm³/mol. The van der Waals surface area contributed by atoms with E-state index in [0.29, 0.717) is 23.4 Å². The van der Waals surface area contributed by atoms with Gasteiger partial charge in [0.1, 0.15) is 17.7 Å². The zero-order valence-electron chi connectivity index (χ0n) is 12.6. The number of nitriles is 1. The van der Waals surface area contributed by atoms with Crippen molar-refractivity contribution < 1.29 is 0 Å². The summed E-state index contributed by atoms with van der Waals surface area (Å²) in [5.41, 5.74) is 7.72. The van der Waals surface area contributed by atoms with E-state index in [4.69, 9.17) is 11.0 Å². The molecule has 23 heavy (non-hydrogen) atoms. The first-order chi connectivity index (χ1) is 11.2. The Morgan fingerprint density at radius 3 is 2.78 bits per heavy atom. The van der Waals surface area contributed by atoms with Crippen molar-refractivity contribution in [3.05, 3.63) is 30.4 Å². The van der Waals surface area contributed by atoms with Crippen LogP contribution in [0.1, 0.15) is 18.5 Å². The lowest BCUT2D eigenvalue weighted by Crippen LogP contribution is -2.38. The molecule has 3 rings (SSSR count). The third-order valence-corrected chi connectivity index (χ3v) is 3.61. The van der Waals surface area contributed by atoms with Crippen molar-refractivity contribution in [3.63, 3.8) is 0 Å². The first-order valence-corrected chi connectivity index (χ1v) is 7.46. The smallest absolute Gasteiger partial charge is 0.158 e. The number of aromatic nitrogens is 3.